The summed E-state index contributed by atoms with van der Waals surface area (Å²) in [5.41, 5.74) is 14.2. The number of rotatable bonds is 7. The molecule has 12 aromatic rings. The first-order chi connectivity index (χ1) is 30.2. The minimum absolute atomic E-state index is 0.846. The lowest BCUT2D eigenvalue weighted by Crippen LogP contribution is -2.10. The molecule has 2 nitrogen and oxygen atoms in total. The van der Waals surface area contributed by atoms with Crippen LogP contribution in [0.1, 0.15) is 0 Å². The number of hydrogen-bond donors (Lipinski definition) is 0. The Morgan fingerprint density at radius 1 is 0.344 bits per heavy atom. The molecule has 0 N–H and O–H groups in total. The molecule has 2 heterocycles. The molecule has 0 aliphatic heterocycles. The smallest absolute Gasteiger partial charge is 0.160 e. The van der Waals surface area contributed by atoms with Gasteiger partial charge in [0.1, 0.15) is 5.58 Å². The molecule has 286 valence electrons. The monoisotopic (exact) mass is 795 g/mol. The summed E-state index contributed by atoms with van der Waals surface area (Å²) in [5, 5.41) is 7.28. The molecule has 0 saturated carbocycles. The van der Waals surface area contributed by atoms with Crippen LogP contribution in [0.2, 0.25) is 0 Å². The molecule has 0 amide bonds. The van der Waals surface area contributed by atoms with Gasteiger partial charge >= 0.3 is 0 Å². The highest BCUT2D eigenvalue weighted by Crippen LogP contribution is 2.48. The molecule has 0 spiro atoms. The van der Waals surface area contributed by atoms with Crippen molar-refractivity contribution in [2.45, 2.75) is 0 Å². The summed E-state index contributed by atoms with van der Waals surface area (Å²) >= 11 is 1.86. The highest BCUT2D eigenvalue weighted by molar-refractivity contribution is 7.25. The Hall–Kier alpha value is -7.72. The highest BCUT2D eigenvalue weighted by Gasteiger charge is 2.24. The van der Waals surface area contributed by atoms with Crippen molar-refractivity contribution in [1.82, 2.24) is 0 Å². The van der Waals surface area contributed by atoms with Gasteiger partial charge in [-0.15, -0.1) is 11.3 Å². The number of nitrogens with zero attached hydrogens (tertiary/aromatic N) is 1. The SMILES string of the molecule is c1ccc(-c2ccccc2-c2ccc(N(c3ccc(-c4ccc5ccccc5c4)cc3)c3ccc(-c4cccc5sc6ccccc6c45)cc3)c3oc4ccccc4c23)cc1. The van der Waals surface area contributed by atoms with Gasteiger partial charge in [0.05, 0.1) is 5.69 Å². The van der Waals surface area contributed by atoms with Gasteiger partial charge in [0.2, 0.25) is 0 Å². The quantitative estimate of drug-likeness (QED) is 0.160. The van der Waals surface area contributed by atoms with Gasteiger partial charge in [0, 0.05) is 42.3 Å². The largest absolute Gasteiger partial charge is 0.454 e. The van der Waals surface area contributed by atoms with Gasteiger partial charge < -0.3 is 9.32 Å². The average Bonchev–Trinajstić information content (AvgIpc) is 3.92. The predicted octanol–water partition coefficient (Wildman–Crippen LogP) is 17.2. The fourth-order valence-electron chi connectivity index (χ4n) is 9.21. The van der Waals surface area contributed by atoms with Gasteiger partial charge in [-0.2, -0.15) is 0 Å². The maximum Gasteiger partial charge on any atom is 0.160 e. The van der Waals surface area contributed by atoms with Crippen LogP contribution in [-0.2, 0) is 0 Å². The van der Waals surface area contributed by atoms with Crippen LogP contribution in [0.25, 0.3) is 97.4 Å². The molecule has 0 bridgehead atoms. The molecule has 0 aliphatic rings. The summed E-state index contributed by atoms with van der Waals surface area (Å²) < 4.78 is 9.59. The number of furan rings is 1. The predicted molar refractivity (Wildman–Crippen MR) is 261 cm³/mol. The number of fused-ring (bicyclic) bond motifs is 7. The summed E-state index contributed by atoms with van der Waals surface area (Å²) in [4.78, 5) is 2.35. The lowest BCUT2D eigenvalue weighted by molar-refractivity contribution is 0.669. The molecule has 0 unspecified atom stereocenters. The fourth-order valence-corrected chi connectivity index (χ4v) is 10.3. The number of para-hydroxylation sites is 1. The second kappa shape index (κ2) is 14.5. The lowest BCUT2D eigenvalue weighted by atomic mass is 9.91. The van der Waals surface area contributed by atoms with Crippen LogP contribution >= 0.6 is 11.3 Å². The summed E-state index contributed by atoms with van der Waals surface area (Å²) in [5.74, 6) is 0. The van der Waals surface area contributed by atoms with Gasteiger partial charge in [-0.25, -0.2) is 0 Å². The van der Waals surface area contributed by atoms with Crippen LogP contribution in [0.4, 0.5) is 17.1 Å². The van der Waals surface area contributed by atoms with Crippen LogP contribution in [0.15, 0.2) is 229 Å². The Kier molecular flexibility index (Phi) is 8.39. The molecule has 3 heteroatoms. The zero-order chi connectivity index (χ0) is 40.3. The highest BCUT2D eigenvalue weighted by atomic mass is 32.1. The minimum Gasteiger partial charge on any atom is -0.454 e. The van der Waals surface area contributed by atoms with E-state index in [-0.39, 0.29) is 0 Å². The Morgan fingerprint density at radius 2 is 0.951 bits per heavy atom. The van der Waals surface area contributed by atoms with Crippen LogP contribution in [0, 0.1) is 0 Å². The van der Waals surface area contributed by atoms with Gasteiger partial charge in [-0.3, -0.25) is 0 Å². The number of benzene rings is 10. The van der Waals surface area contributed by atoms with E-state index < -0.39 is 0 Å². The van der Waals surface area contributed by atoms with Crippen molar-refractivity contribution in [3.05, 3.63) is 224 Å². The van der Waals surface area contributed by atoms with E-state index in [9.17, 15) is 0 Å². The molecule has 0 radical (unpaired) electrons. The first-order valence-electron chi connectivity index (χ1n) is 20.7. The van der Waals surface area contributed by atoms with Crippen molar-refractivity contribution in [2.75, 3.05) is 4.90 Å². The number of thiophene rings is 1. The lowest BCUT2D eigenvalue weighted by Gasteiger charge is -2.26. The zero-order valence-corrected chi connectivity index (χ0v) is 33.9. The van der Waals surface area contributed by atoms with Crippen molar-refractivity contribution in [1.29, 1.82) is 0 Å². The van der Waals surface area contributed by atoms with Gasteiger partial charge in [0.25, 0.3) is 0 Å². The molecule has 0 fully saturated rings. The third-order valence-electron chi connectivity index (χ3n) is 12.1. The number of anilines is 3. The molecule has 0 saturated heterocycles. The first-order valence-corrected chi connectivity index (χ1v) is 21.6. The maximum absolute atomic E-state index is 6.98. The molecule has 2 aromatic heterocycles. The van der Waals surface area contributed by atoms with Crippen LogP contribution in [0.3, 0.4) is 0 Å². The van der Waals surface area contributed by atoms with Crippen molar-refractivity contribution >= 4 is 81.3 Å². The van der Waals surface area contributed by atoms with Crippen molar-refractivity contribution in [2.24, 2.45) is 0 Å². The van der Waals surface area contributed by atoms with E-state index in [1.807, 2.05) is 11.3 Å². The van der Waals surface area contributed by atoms with E-state index >= 15 is 0 Å². The Balaban J connectivity index is 1.05. The Bertz CT molecular complexity index is 3580. The molecular formula is C58H37NOS. The van der Waals surface area contributed by atoms with Crippen molar-refractivity contribution in [3.8, 4) is 44.5 Å². The summed E-state index contributed by atoms with van der Waals surface area (Å²) in [7, 11) is 0. The van der Waals surface area contributed by atoms with Crippen LogP contribution in [0.5, 0.6) is 0 Å². The van der Waals surface area contributed by atoms with E-state index in [1.54, 1.807) is 0 Å². The van der Waals surface area contributed by atoms with Gasteiger partial charge in [0.15, 0.2) is 5.58 Å². The zero-order valence-electron chi connectivity index (χ0n) is 33.1. The third kappa shape index (κ3) is 6.01. The second-order valence-electron chi connectivity index (χ2n) is 15.6. The van der Waals surface area contributed by atoms with Gasteiger partial charge in [-0.1, -0.05) is 170 Å². The normalized spacial score (nSPS) is 11.6. The fraction of sp³-hybridized carbons (Fsp3) is 0. The maximum atomic E-state index is 6.98. The van der Waals surface area contributed by atoms with E-state index in [0.29, 0.717) is 0 Å². The molecular weight excluding hydrogens is 759 g/mol. The topological polar surface area (TPSA) is 16.4 Å². The van der Waals surface area contributed by atoms with E-state index in [0.717, 1.165) is 44.6 Å². The Labute approximate surface area is 357 Å². The molecule has 0 aliphatic carbocycles. The summed E-state index contributed by atoms with van der Waals surface area (Å²) in [6.07, 6.45) is 0. The molecule has 0 atom stereocenters. The summed E-state index contributed by atoms with van der Waals surface area (Å²) in [6.45, 7) is 0. The second-order valence-corrected chi connectivity index (χ2v) is 16.7. The molecule has 12 rings (SSSR count). The van der Waals surface area contributed by atoms with E-state index in [1.165, 1.54) is 69.9 Å². The van der Waals surface area contributed by atoms with E-state index in [2.05, 4.69) is 229 Å². The molecule has 61 heavy (non-hydrogen) atoms. The Morgan fingerprint density at radius 3 is 1.77 bits per heavy atom. The first kappa shape index (κ1) is 35.2. The van der Waals surface area contributed by atoms with Gasteiger partial charge in [-0.05, 0) is 110 Å². The van der Waals surface area contributed by atoms with Crippen LogP contribution < -0.4 is 4.90 Å². The number of hydrogen-bond acceptors (Lipinski definition) is 3. The van der Waals surface area contributed by atoms with Crippen molar-refractivity contribution < 1.29 is 4.42 Å². The standard InChI is InChI=1S/C58H37NOS/c1-2-14-40(15-3-1)46-17-6-7-18-48(46)49-35-36-52(58-57(49)50-19-8-10-22-53(50)60-58)59(44-31-27-39(28-32-44)43-26-25-38-13-4-5-16-42(38)37-43)45-33-29-41(30-34-45)47-21-12-24-55-56(47)51-20-9-11-23-54(51)61-55/h1-37H. The molecule has 10 aromatic carbocycles. The third-order valence-corrected chi connectivity index (χ3v) is 13.2. The summed E-state index contributed by atoms with van der Waals surface area (Å²) in [6, 6.07) is 81.0. The van der Waals surface area contributed by atoms with Crippen molar-refractivity contribution in [3.63, 3.8) is 0 Å². The minimum atomic E-state index is 0.846. The van der Waals surface area contributed by atoms with Crippen LogP contribution in [-0.4, -0.2) is 0 Å². The average molecular weight is 796 g/mol. The van der Waals surface area contributed by atoms with E-state index in [4.69, 9.17) is 4.42 Å².